The zero-order chi connectivity index (χ0) is 39.8. The second-order valence-corrected chi connectivity index (χ2v) is 21.3. The van der Waals surface area contributed by atoms with Crippen molar-refractivity contribution in [2.75, 3.05) is 9.80 Å². The van der Waals surface area contributed by atoms with Crippen LogP contribution in [0.3, 0.4) is 0 Å². The highest BCUT2D eigenvalue weighted by Crippen LogP contribution is 2.70. The fourth-order valence-corrected chi connectivity index (χ4v) is 15.9. The lowest BCUT2D eigenvalue weighted by Crippen LogP contribution is -2.71. The van der Waals surface area contributed by atoms with Crippen molar-refractivity contribution in [2.45, 2.75) is 113 Å². The van der Waals surface area contributed by atoms with Crippen molar-refractivity contribution >= 4 is 28.7 Å². The third kappa shape index (κ3) is 4.84. The highest BCUT2D eigenvalue weighted by molar-refractivity contribution is 8.01. The van der Waals surface area contributed by atoms with Crippen LogP contribution in [0, 0.1) is 28.6 Å². The number of benzene rings is 2. The molecular weight excluding hydrogens is 735 g/mol. The molecule has 0 N–H and O–H groups in total. The summed E-state index contributed by atoms with van der Waals surface area (Å²) in [7, 11) is 0. The molecule has 10 aliphatic rings. The Morgan fingerprint density at radius 3 is 2.53 bits per heavy atom. The van der Waals surface area contributed by atoms with Crippen molar-refractivity contribution in [3.63, 3.8) is 0 Å². The summed E-state index contributed by atoms with van der Waals surface area (Å²) in [5, 5.41) is 0.972. The minimum Gasteiger partial charge on any atom is -0.357 e. The predicted octanol–water partition coefficient (Wildman–Crippen LogP) is 12.9. The van der Waals surface area contributed by atoms with Crippen molar-refractivity contribution in [1.82, 2.24) is 4.90 Å². The lowest BCUT2D eigenvalue weighted by atomic mass is 9.48. The quantitative estimate of drug-likeness (QED) is 0.279. The molecule has 5 aliphatic carbocycles. The number of rotatable bonds is 5. The highest BCUT2D eigenvalue weighted by Gasteiger charge is 2.71. The average molecular weight is 794 g/mol. The monoisotopic (exact) mass is 793 g/mol. The summed E-state index contributed by atoms with van der Waals surface area (Å²) in [6, 6.07) is 21.5. The SMILES string of the molecule is C=C(C)C1(C)C=CC2SC3C(C2C1)C1N(C2=C(c4ccccc4)C=CCC2C2=CCCCC2)c2ccccc2N1C3C1=CC2(C)C3=C(C=CCC3)C3C=CC=CN3C12C. The molecule has 59 heavy (non-hydrogen) atoms. The first-order chi connectivity index (χ1) is 28.7. The van der Waals surface area contributed by atoms with E-state index >= 15 is 0 Å². The highest BCUT2D eigenvalue weighted by atomic mass is 32.2. The molecule has 2 aromatic rings. The molecule has 2 fully saturated rings. The van der Waals surface area contributed by atoms with E-state index in [1.54, 1.807) is 16.7 Å². The van der Waals surface area contributed by atoms with Crippen LogP contribution < -0.4 is 9.80 Å². The number of fused-ring (bicyclic) bond motifs is 12. The van der Waals surface area contributed by atoms with Gasteiger partial charge in [-0.15, -0.1) is 11.8 Å². The summed E-state index contributed by atoms with van der Waals surface area (Å²) in [5.74, 6) is 1.39. The van der Waals surface area contributed by atoms with Crippen molar-refractivity contribution in [3.8, 4) is 0 Å². The first kappa shape index (κ1) is 36.4. The van der Waals surface area contributed by atoms with Gasteiger partial charge < -0.3 is 14.7 Å². The number of para-hydroxylation sites is 2. The summed E-state index contributed by atoms with van der Waals surface area (Å²) >= 11 is 2.32. The molecule has 4 heteroatoms. The topological polar surface area (TPSA) is 9.72 Å². The summed E-state index contributed by atoms with van der Waals surface area (Å²) in [5.41, 5.74) is 14.8. The molecule has 2 saturated heterocycles. The van der Waals surface area contributed by atoms with Crippen LogP contribution >= 0.6 is 11.8 Å². The molecule has 300 valence electrons. The second kappa shape index (κ2) is 13.0. The molecule has 0 saturated carbocycles. The zero-order valence-corrected chi connectivity index (χ0v) is 36.2. The van der Waals surface area contributed by atoms with Gasteiger partial charge in [0.2, 0.25) is 0 Å². The van der Waals surface area contributed by atoms with Crippen molar-refractivity contribution in [1.29, 1.82) is 0 Å². The van der Waals surface area contributed by atoms with Gasteiger partial charge in [-0.2, -0.15) is 0 Å². The number of thioether (sulfide) groups is 1. The third-order valence-electron chi connectivity index (χ3n) is 17.2. The van der Waals surface area contributed by atoms with Crippen LogP contribution in [0.5, 0.6) is 0 Å². The number of hydrogen-bond donors (Lipinski definition) is 0. The van der Waals surface area contributed by atoms with E-state index in [-0.39, 0.29) is 34.6 Å². The number of nitrogens with zero attached hydrogens (tertiary/aromatic N) is 3. The van der Waals surface area contributed by atoms with E-state index in [4.69, 9.17) is 0 Å². The van der Waals surface area contributed by atoms with E-state index < -0.39 is 0 Å². The Morgan fingerprint density at radius 1 is 0.881 bits per heavy atom. The van der Waals surface area contributed by atoms with Gasteiger partial charge in [-0.1, -0.05) is 133 Å². The third-order valence-corrected chi connectivity index (χ3v) is 18.9. The molecule has 12 rings (SSSR count). The van der Waals surface area contributed by atoms with Gasteiger partial charge in [0.25, 0.3) is 0 Å². The maximum atomic E-state index is 4.61. The molecule has 11 unspecified atom stereocenters. The molecule has 0 bridgehead atoms. The Kier molecular flexibility index (Phi) is 8.06. The van der Waals surface area contributed by atoms with Crippen LogP contribution in [-0.2, 0) is 0 Å². The minimum absolute atomic E-state index is 0.00644. The summed E-state index contributed by atoms with van der Waals surface area (Å²) in [6.07, 6.45) is 39.7. The van der Waals surface area contributed by atoms with Crippen LogP contribution in [-0.4, -0.2) is 39.2 Å². The normalized spacial score (nSPS) is 39.5. The lowest BCUT2D eigenvalue weighted by Gasteiger charge is -2.67. The van der Waals surface area contributed by atoms with Gasteiger partial charge >= 0.3 is 0 Å². The van der Waals surface area contributed by atoms with E-state index in [2.05, 4.69) is 188 Å². The second-order valence-electron chi connectivity index (χ2n) is 19.9. The van der Waals surface area contributed by atoms with Gasteiger partial charge in [0.15, 0.2) is 0 Å². The van der Waals surface area contributed by atoms with E-state index in [1.807, 2.05) is 0 Å². The summed E-state index contributed by atoms with van der Waals surface area (Å²) in [6.45, 7) is 14.5. The molecule has 11 atom stereocenters. The molecule has 5 aliphatic heterocycles. The molecule has 0 aromatic heterocycles. The van der Waals surface area contributed by atoms with Crippen LogP contribution in [0.15, 0.2) is 168 Å². The standard InChI is InChI=1S/C55H59N3S/c1-35(2)53(3)31-30-47-41(33-53)48-51(59-47)50(43-34-54(4)42-26-13-12-23-40(42)44-27-16-17-32-56(44)55(43,54)5)58-46-29-15-14-28-45(46)57(52(48)58)49-38(36-19-8-6-9-20-36)24-18-25-39(49)37-21-10-7-11-22-37/h6,8-9,12,14-21,23-24,27-32,34,39,41,44,47-48,50-52H,1,7,10-11,13,22,25-26,33H2,2-5H3. The first-order valence-electron chi connectivity index (χ1n) is 22.8. The Balaban J connectivity index is 1.09. The van der Waals surface area contributed by atoms with Gasteiger partial charge in [0, 0.05) is 50.6 Å². The van der Waals surface area contributed by atoms with Gasteiger partial charge in [-0.3, -0.25) is 0 Å². The van der Waals surface area contributed by atoms with Crippen LogP contribution in [0.2, 0.25) is 0 Å². The van der Waals surface area contributed by atoms with Crippen LogP contribution in [0.25, 0.3) is 5.57 Å². The maximum Gasteiger partial charge on any atom is 0.111 e. The maximum absolute atomic E-state index is 4.61. The Labute approximate surface area is 357 Å². The smallest absolute Gasteiger partial charge is 0.111 e. The molecule has 0 amide bonds. The Hall–Kier alpha value is -4.41. The summed E-state index contributed by atoms with van der Waals surface area (Å²) < 4.78 is 0. The molecule has 5 heterocycles. The van der Waals surface area contributed by atoms with Gasteiger partial charge in [-0.05, 0) is 113 Å². The minimum atomic E-state index is -0.136. The van der Waals surface area contributed by atoms with Crippen molar-refractivity contribution in [3.05, 3.63) is 173 Å². The Morgan fingerprint density at radius 2 is 1.71 bits per heavy atom. The van der Waals surface area contributed by atoms with Gasteiger partial charge in [-0.25, -0.2) is 0 Å². The number of hydrogen-bond acceptors (Lipinski definition) is 4. The van der Waals surface area contributed by atoms with Crippen LogP contribution in [0.4, 0.5) is 11.4 Å². The molecular formula is C55H59N3S. The fraction of sp³-hybridized carbons (Fsp3) is 0.418. The number of allylic oxidation sites excluding steroid dienone is 10. The van der Waals surface area contributed by atoms with E-state index in [1.165, 1.54) is 65.0 Å². The Bertz CT molecular complexity index is 2440. The molecule has 0 radical (unpaired) electrons. The van der Waals surface area contributed by atoms with E-state index in [9.17, 15) is 0 Å². The van der Waals surface area contributed by atoms with E-state index in [0.29, 0.717) is 28.3 Å². The first-order valence-corrected chi connectivity index (χ1v) is 23.8. The van der Waals surface area contributed by atoms with Gasteiger partial charge in [0.05, 0.1) is 29.0 Å². The molecule has 0 spiro atoms. The van der Waals surface area contributed by atoms with E-state index in [0.717, 1.165) is 25.7 Å². The lowest BCUT2D eigenvalue weighted by molar-refractivity contribution is 0.0402. The van der Waals surface area contributed by atoms with Crippen molar-refractivity contribution in [2.24, 2.45) is 28.6 Å². The molecule has 2 aromatic carbocycles. The van der Waals surface area contributed by atoms with Crippen LogP contribution in [0.1, 0.15) is 84.6 Å². The van der Waals surface area contributed by atoms with Crippen molar-refractivity contribution < 1.29 is 0 Å². The predicted molar refractivity (Wildman–Crippen MR) is 249 cm³/mol. The number of anilines is 2. The summed E-state index contributed by atoms with van der Waals surface area (Å²) in [4.78, 5) is 8.74. The van der Waals surface area contributed by atoms with Gasteiger partial charge in [0.1, 0.15) is 6.17 Å². The largest absolute Gasteiger partial charge is 0.357 e. The molecule has 3 nitrogen and oxygen atoms in total. The fourth-order valence-electron chi connectivity index (χ4n) is 13.9. The zero-order valence-electron chi connectivity index (χ0n) is 35.4. The average Bonchev–Trinajstić information content (AvgIpc) is 3.91.